The minimum absolute atomic E-state index is 0.213. The summed E-state index contributed by atoms with van der Waals surface area (Å²) in [6.45, 7) is 10.2. The summed E-state index contributed by atoms with van der Waals surface area (Å²) in [4.78, 5) is 0. The van der Waals surface area contributed by atoms with Crippen LogP contribution in [0.3, 0.4) is 0 Å². The maximum Gasteiger partial charge on any atom is 0.224 e. The monoisotopic (exact) mass is 173 g/mol. The summed E-state index contributed by atoms with van der Waals surface area (Å²) < 4.78 is 11.0. The van der Waals surface area contributed by atoms with Gasteiger partial charge < -0.3 is 9.47 Å². The minimum atomic E-state index is 0.213. The second kappa shape index (κ2) is 6.44. The lowest BCUT2D eigenvalue weighted by Gasteiger charge is -2.20. The molecular weight excluding hydrogens is 152 g/mol. The first-order chi connectivity index (χ1) is 5.56. The Morgan fingerprint density at radius 3 is 1.67 bits per heavy atom. The summed E-state index contributed by atoms with van der Waals surface area (Å²) >= 11 is 0. The molecule has 0 unspecified atom stereocenters. The average Bonchev–Trinajstić information content (AvgIpc) is 1.84. The zero-order chi connectivity index (χ0) is 9.56. The van der Waals surface area contributed by atoms with Crippen LogP contribution in [0.15, 0.2) is 0 Å². The summed E-state index contributed by atoms with van der Waals surface area (Å²) in [5.41, 5.74) is 0. The van der Waals surface area contributed by atoms with E-state index >= 15 is 0 Å². The van der Waals surface area contributed by atoms with E-state index in [0.717, 1.165) is 19.1 Å². The molecular formula is C10H21O2. The number of hydrogen-bond donors (Lipinski definition) is 0. The summed E-state index contributed by atoms with van der Waals surface area (Å²) in [5, 5.41) is 0. The molecule has 0 heterocycles. The fourth-order valence-electron chi connectivity index (χ4n) is 0.876. The molecule has 0 N–H and O–H groups in total. The summed E-state index contributed by atoms with van der Waals surface area (Å²) in [6, 6.07) is 0. The first-order valence-corrected chi connectivity index (χ1v) is 4.75. The molecule has 0 fully saturated rings. The van der Waals surface area contributed by atoms with E-state index in [-0.39, 0.29) is 12.2 Å². The molecule has 0 amide bonds. The molecule has 1 radical (unpaired) electrons. The van der Waals surface area contributed by atoms with Crippen LogP contribution in [0.25, 0.3) is 0 Å². The molecule has 0 aromatic heterocycles. The maximum absolute atomic E-state index is 5.50. The molecule has 0 saturated carbocycles. The number of rotatable bonds is 6. The first kappa shape index (κ1) is 11.9. The Morgan fingerprint density at radius 2 is 1.42 bits per heavy atom. The molecule has 0 rings (SSSR count). The quantitative estimate of drug-likeness (QED) is 0.614. The number of hydrogen-bond acceptors (Lipinski definition) is 2. The lowest BCUT2D eigenvalue weighted by atomic mass is 10.3. The Hall–Kier alpha value is -0.0800. The zero-order valence-corrected chi connectivity index (χ0v) is 8.89. The molecule has 0 aliphatic heterocycles. The van der Waals surface area contributed by atoms with Gasteiger partial charge in [-0.2, -0.15) is 0 Å². The Labute approximate surface area is 76.3 Å². The van der Waals surface area contributed by atoms with E-state index in [9.17, 15) is 0 Å². The van der Waals surface area contributed by atoms with Crippen molar-refractivity contribution in [3.8, 4) is 0 Å². The molecule has 0 aliphatic rings. The normalized spacial score (nSPS) is 12.0. The molecule has 0 aliphatic carbocycles. The zero-order valence-electron chi connectivity index (χ0n) is 8.89. The number of ether oxygens (including phenoxy) is 2. The third kappa shape index (κ3) is 6.62. The van der Waals surface area contributed by atoms with Crippen LogP contribution in [-0.4, -0.2) is 12.2 Å². The van der Waals surface area contributed by atoms with Crippen molar-refractivity contribution in [1.82, 2.24) is 0 Å². The third-order valence-electron chi connectivity index (χ3n) is 1.19. The predicted octanol–water partition coefficient (Wildman–Crippen LogP) is 3.13. The van der Waals surface area contributed by atoms with E-state index in [2.05, 4.69) is 6.92 Å². The lowest BCUT2D eigenvalue weighted by molar-refractivity contribution is -0.0953. The fourth-order valence-corrected chi connectivity index (χ4v) is 0.876. The van der Waals surface area contributed by atoms with Gasteiger partial charge in [0.2, 0.25) is 6.29 Å². The van der Waals surface area contributed by atoms with Gasteiger partial charge in [-0.25, -0.2) is 0 Å². The van der Waals surface area contributed by atoms with E-state index in [1.807, 2.05) is 27.7 Å². The minimum Gasteiger partial charge on any atom is -0.343 e. The summed E-state index contributed by atoms with van der Waals surface area (Å²) in [7, 11) is 0. The van der Waals surface area contributed by atoms with Crippen LogP contribution >= 0.6 is 0 Å². The highest BCUT2D eigenvalue weighted by molar-refractivity contribution is 4.66. The van der Waals surface area contributed by atoms with Crippen molar-refractivity contribution in [3.05, 3.63) is 6.29 Å². The van der Waals surface area contributed by atoms with Crippen LogP contribution in [-0.2, 0) is 9.47 Å². The van der Waals surface area contributed by atoms with Crippen molar-refractivity contribution in [3.63, 3.8) is 0 Å². The van der Waals surface area contributed by atoms with Crippen molar-refractivity contribution in [2.45, 2.75) is 59.7 Å². The highest BCUT2D eigenvalue weighted by Gasteiger charge is 2.13. The highest BCUT2D eigenvalue weighted by atomic mass is 16.7. The van der Waals surface area contributed by atoms with Crippen LogP contribution in [0.2, 0.25) is 0 Å². The van der Waals surface area contributed by atoms with E-state index < -0.39 is 0 Å². The maximum atomic E-state index is 5.50. The topological polar surface area (TPSA) is 18.5 Å². The molecule has 0 spiro atoms. The van der Waals surface area contributed by atoms with Gasteiger partial charge >= 0.3 is 0 Å². The van der Waals surface area contributed by atoms with Gasteiger partial charge in [-0.15, -0.1) is 0 Å². The van der Waals surface area contributed by atoms with Crippen molar-refractivity contribution >= 4 is 0 Å². The summed E-state index contributed by atoms with van der Waals surface area (Å²) in [5.74, 6) is 0. The Morgan fingerprint density at radius 1 is 1.00 bits per heavy atom. The fraction of sp³-hybridized carbons (Fsp3) is 0.900. The van der Waals surface area contributed by atoms with Crippen molar-refractivity contribution in [2.24, 2.45) is 0 Å². The molecule has 2 nitrogen and oxygen atoms in total. The van der Waals surface area contributed by atoms with Crippen molar-refractivity contribution in [1.29, 1.82) is 0 Å². The van der Waals surface area contributed by atoms with E-state index in [4.69, 9.17) is 9.47 Å². The molecule has 0 aromatic carbocycles. The molecule has 0 bridgehead atoms. The molecule has 2 heteroatoms. The summed E-state index contributed by atoms with van der Waals surface area (Å²) in [6.07, 6.45) is 3.17. The largest absolute Gasteiger partial charge is 0.343 e. The van der Waals surface area contributed by atoms with Gasteiger partial charge in [0.15, 0.2) is 0 Å². The van der Waals surface area contributed by atoms with Gasteiger partial charge in [-0.05, 0) is 27.7 Å². The molecule has 73 valence electrons. The van der Waals surface area contributed by atoms with Crippen LogP contribution in [0.4, 0.5) is 0 Å². The Balaban J connectivity index is 3.69. The molecule has 12 heavy (non-hydrogen) atoms. The van der Waals surface area contributed by atoms with Gasteiger partial charge in [0.25, 0.3) is 0 Å². The standard InChI is InChI=1S/C10H21O2/c1-6-7-10(11-8(2)3)12-9(4)5/h8-9H,6-7H2,1-5H3. The van der Waals surface area contributed by atoms with Crippen molar-refractivity contribution < 1.29 is 9.47 Å². The van der Waals surface area contributed by atoms with Crippen LogP contribution < -0.4 is 0 Å². The molecule has 0 saturated heterocycles. The molecule has 0 atom stereocenters. The van der Waals surface area contributed by atoms with Gasteiger partial charge in [-0.3, -0.25) is 0 Å². The lowest BCUT2D eigenvalue weighted by Crippen LogP contribution is -2.17. The Kier molecular flexibility index (Phi) is 6.39. The average molecular weight is 173 g/mol. The van der Waals surface area contributed by atoms with Gasteiger partial charge in [0.1, 0.15) is 0 Å². The second-order valence-electron chi connectivity index (χ2n) is 3.46. The van der Waals surface area contributed by atoms with E-state index in [1.54, 1.807) is 0 Å². The third-order valence-corrected chi connectivity index (χ3v) is 1.19. The van der Waals surface area contributed by atoms with Crippen molar-refractivity contribution in [2.75, 3.05) is 0 Å². The van der Waals surface area contributed by atoms with Gasteiger partial charge in [0.05, 0.1) is 12.2 Å². The van der Waals surface area contributed by atoms with Gasteiger partial charge in [-0.1, -0.05) is 13.3 Å². The first-order valence-electron chi connectivity index (χ1n) is 4.75. The predicted molar refractivity (Wildman–Crippen MR) is 50.6 cm³/mol. The smallest absolute Gasteiger partial charge is 0.224 e. The van der Waals surface area contributed by atoms with Crippen LogP contribution in [0, 0.1) is 6.29 Å². The Bertz CT molecular complexity index is 90.0. The van der Waals surface area contributed by atoms with Gasteiger partial charge in [0, 0.05) is 6.42 Å². The second-order valence-corrected chi connectivity index (χ2v) is 3.46. The molecule has 0 aromatic rings. The van der Waals surface area contributed by atoms with Crippen LogP contribution in [0.1, 0.15) is 47.5 Å². The SMILES string of the molecule is CCC[C](OC(C)C)OC(C)C. The highest BCUT2D eigenvalue weighted by Crippen LogP contribution is 2.16. The van der Waals surface area contributed by atoms with E-state index in [1.165, 1.54) is 0 Å². The van der Waals surface area contributed by atoms with E-state index in [0.29, 0.717) is 0 Å². The van der Waals surface area contributed by atoms with Crippen LogP contribution in [0.5, 0.6) is 0 Å².